The molecule has 0 aromatic heterocycles. The molecule has 0 heterocycles. The molecule has 1 rings (SSSR count). The highest BCUT2D eigenvalue weighted by Crippen LogP contribution is 2.35. The van der Waals surface area contributed by atoms with Gasteiger partial charge in [0.15, 0.2) is 0 Å². The van der Waals surface area contributed by atoms with E-state index in [-0.39, 0.29) is 11.3 Å². The number of halogens is 3. The van der Waals surface area contributed by atoms with E-state index in [1.165, 1.54) is 19.2 Å². The Balaban J connectivity index is 2.83. The molecule has 0 aliphatic carbocycles. The third-order valence-electron chi connectivity index (χ3n) is 2.92. The smallest absolute Gasteiger partial charge is 0.388 e. The van der Waals surface area contributed by atoms with Crippen LogP contribution in [0.3, 0.4) is 0 Å². The van der Waals surface area contributed by atoms with Crippen LogP contribution < -0.4 is 10.6 Å². The highest BCUT2D eigenvalue weighted by Gasteiger charge is 2.34. The Hall–Kier alpha value is -1.72. The van der Waals surface area contributed by atoms with Crippen LogP contribution in [0.15, 0.2) is 18.2 Å². The maximum Gasteiger partial charge on any atom is 0.418 e. The molecule has 0 atom stereocenters. The van der Waals surface area contributed by atoms with Gasteiger partial charge in [-0.3, -0.25) is 4.79 Å². The van der Waals surface area contributed by atoms with Gasteiger partial charge >= 0.3 is 6.18 Å². The molecule has 0 saturated heterocycles. The van der Waals surface area contributed by atoms with E-state index in [0.29, 0.717) is 6.54 Å². The molecule has 0 spiro atoms. The van der Waals surface area contributed by atoms with Crippen molar-refractivity contribution >= 4 is 11.6 Å². The summed E-state index contributed by atoms with van der Waals surface area (Å²) in [6.45, 7) is 2.51. The number of carbonyl (C=O) groups excluding carboxylic acids is 1. The van der Waals surface area contributed by atoms with Gasteiger partial charge in [-0.1, -0.05) is 19.8 Å². The predicted molar refractivity (Wildman–Crippen MR) is 72.8 cm³/mol. The number of benzene rings is 1. The summed E-state index contributed by atoms with van der Waals surface area (Å²) in [5.41, 5.74) is -0.853. The number of alkyl halides is 3. The summed E-state index contributed by atoms with van der Waals surface area (Å²) in [5.74, 6) is -0.478. The molecule has 0 saturated carbocycles. The number of hydrogen-bond donors (Lipinski definition) is 2. The molecule has 6 heteroatoms. The number of rotatable bonds is 6. The zero-order chi connectivity index (χ0) is 15.2. The Labute approximate surface area is 116 Å². The SMILES string of the molecule is CCCCCNC(=O)c1ccc(NC)c(C(F)(F)F)c1. The van der Waals surface area contributed by atoms with Crippen molar-refractivity contribution in [1.82, 2.24) is 5.32 Å². The summed E-state index contributed by atoms with van der Waals surface area (Å²) >= 11 is 0. The first-order chi connectivity index (χ1) is 9.40. The number of carbonyl (C=O) groups is 1. The molecule has 2 N–H and O–H groups in total. The van der Waals surface area contributed by atoms with Crippen molar-refractivity contribution in [3.63, 3.8) is 0 Å². The van der Waals surface area contributed by atoms with E-state index >= 15 is 0 Å². The lowest BCUT2D eigenvalue weighted by molar-refractivity contribution is -0.136. The van der Waals surface area contributed by atoms with E-state index in [1.54, 1.807) is 0 Å². The maximum absolute atomic E-state index is 12.9. The third kappa shape index (κ3) is 4.43. The van der Waals surface area contributed by atoms with Crippen LogP contribution in [-0.4, -0.2) is 19.5 Å². The van der Waals surface area contributed by atoms with Crippen molar-refractivity contribution in [3.8, 4) is 0 Å². The lowest BCUT2D eigenvalue weighted by Crippen LogP contribution is -2.25. The Bertz CT molecular complexity index is 458. The number of amides is 1. The number of nitrogens with one attached hydrogen (secondary N) is 2. The second-order valence-electron chi connectivity index (χ2n) is 4.47. The van der Waals surface area contributed by atoms with Gasteiger partial charge in [-0.2, -0.15) is 13.2 Å². The second-order valence-corrected chi connectivity index (χ2v) is 4.47. The molecule has 0 aliphatic rings. The zero-order valence-corrected chi connectivity index (χ0v) is 11.6. The van der Waals surface area contributed by atoms with E-state index in [0.717, 1.165) is 25.3 Å². The fourth-order valence-corrected chi connectivity index (χ4v) is 1.82. The monoisotopic (exact) mass is 288 g/mol. The average molecular weight is 288 g/mol. The molecule has 1 aromatic rings. The molecule has 112 valence electrons. The van der Waals surface area contributed by atoms with Crippen LogP contribution >= 0.6 is 0 Å². The number of unbranched alkanes of at least 4 members (excludes halogenated alkanes) is 2. The summed E-state index contributed by atoms with van der Waals surface area (Å²) in [6, 6.07) is 3.53. The Kier molecular flexibility index (Phi) is 5.85. The van der Waals surface area contributed by atoms with Crippen molar-refractivity contribution < 1.29 is 18.0 Å². The van der Waals surface area contributed by atoms with E-state index in [2.05, 4.69) is 10.6 Å². The summed E-state index contributed by atoms with van der Waals surface area (Å²) in [4.78, 5) is 11.8. The van der Waals surface area contributed by atoms with E-state index < -0.39 is 17.6 Å². The molecule has 0 radical (unpaired) electrons. The molecule has 0 bridgehead atoms. The second kappa shape index (κ2) is 7.17. The van der Waals surface area contributed by atoms with Gasteiger partial charge < -0.3 is 10.6 Å². The van der Waals surface area contributed by atoms with Gasteiger partial charge in [0.2, 0.25) is 0 Å². The summed E-state index contributed by atoms with van der Waals surface area (Å²) < 4.78 is 38.6. The molecule has 1 amide bonds. The highest BCUT2D eigenvalue weighted by atomic mass is 19.4. The molecular weight excluding hydrogens is 269 g/mol. The fourth-order valence-electron chi connectivity index (χ4n) is 1.82. The van der Waals surface area contributed by atoms with E-state index in [1.807, 2.05) is 6.92 Å². The predicted octanol–water partition coefficient (Wildman–Crippen LogP) is 3.67. The standard InChI is InChI=1S/C14H19F3N2O/c1-3-4-5-8-19-13(20)10-6-7-12(18-2)11(9-10)14(15,16)17/h6-7,9,18H,3-5,8H2,1-2H3,(H,19,20). The van der Waals surface area contributed by atoms with Crippen LogP contribution in [0, 0.1) is 0 Å². The van der Waals surface area contributed by atoms with Crippen molar-refractivity contribution in [2.24, 2.45) is 0 Å². The normalized spacial score (nSPS) is 11.2. The number of anilines is 1. The summed E-state index contributed by atoms with van der Waals surface area (Å²) in [6.07, 6.45) is -1.67. The van der Waals surface area contributed by atoms with Gasteiger partial charge in [-0.05, 0) is 24.6 Å². The minimum atomic E-state index is -4.49. The Morgan fingerprint density at radius 1 is 1.25 bits per heavy atom. The minimum Gasteiger partial charge on any atom is -0.388 e. The average Bonchev–Trinajstić information content (AvgIpc) is 2.41. The first kappa shape index (κ1) is 16.3. The molecule has 0 fully saturated rings. The van der Waals surface area contributed by atoms with E-state index in [4.69, 9.17) is 0 Å². The maximum atomic E-state index is 12.9. The quantitative estimate of drug-likeness (QED) is 0.784. The topological polar surface area (TPSA) is 41.1 Å². The minimum absolute atomic E-state index is 0.0211. The lowest BCUT2D eigenvalue weighted by atomic mass is 10.1. The van der Waals surface area contributed by atoms with Gasteiger partial charge in [0.05, 0.1) is 5.56 Å². The first-order valence-electron chi connectivity index (χ1n) is 6.57. The first-order valence-corrected chi connectivity index (χ1v) is 6.57. The van der Waals surface area contributed by atoms with Crippen LogP contribution in [0.1, 0.15) is 42.1 Å². The Morgan fingerprint density at radius 3 is 2.50 bits per heavy atom. The fraction of sp³-hybridized carbons (Fsp3) is 0.500. The zero-order valence-electron chi connectivity index (χ0n) is 11.6. The highest BCUT2D eigenvalue weighted by molar-refractivity contribution is 5.94. The van der Waals surface area contributed by atoms with Crippen molar-refractivity contribution in [2.45, 2.75) is 32.4 Å². The van der Waals surface area contributed by atoms with Gasteiger partial charge in [-0.25, -0.2) is 0 Å². The van der Waals surface area contributed by atoms with Crippen molar-refractivity contribution in [2.75, 3.05) is 18.9 Å². The molecule has 0 aliphatic heterocycles. The molecular formula is C14H19F3N2O. The van der Waals surface area contributed by atoms with Crippen LogP contribution in [0.2, 0.25) is 0 Å². The lowest BCUT2D eigenvalue weighted by Gasteiger charge is -2.14. The van der Waals surface area contributed by atoms with Gasteiger partial charge in [-0.15, -0.1) is 0 Å². The molecule has 3 nitrogen and oxygen atoms in total. The van der Waals surface area contributed by atoms with Crippen LogP contribution in [0.4, 0.5) is 18.9 Å². The molecule has 20 heavy (non-hydrogen) atoms. The summed E-state index contributed by atoms with van der Waals surface area (Å²) in [7, 11) is 1.41. The van der Waals surface area contributed by atoms with Crippen molar-refractivity contribution in [1.29, 1.82) is 0 Å². The largest absolute Gasteiger partial charge is 0.418 e. The van der Waals surface area contributed by atoms with Gasteiger partial charge in [0, 0.05) is 24.8 Å². The molecule has 0 unspecified atom stereocenters. The van der Waals surface area contributed by atoms with Crippen LogP contribution in [0.5, 0.6) is 0 Å². The van der Waals surface area contributed by atoms with E-state index in [9.17, 15) is 18.0 Å². The Morgan fingerprint density at radius 2 is 1.95 bits per heavy atom. The van der Waals surface area contributed by atoms with Gasteiger partial charge in [0.25, 0.3) is 5.91 Å². The van der Waals surface area contributed by atoms with Crippen LogP contribution in [-0.2, 0) is 6.18 Å². The molecule has 1 aromatic carbocycles. The third-order valence-corrected chi connectivity index (χ3v) is 2.92. The van der Waals surface area contributed by atoms with Crippen LogP contribution in [0.25, 0.3) is 0 Å². The number of hydrogen-bond acceptors (Lipinski definition) is 2. The van der Waals surface area contributed by atoms with Gasteiger partial charge in [0.1, 0.15) is 0 Å². The van der Waals surface area contributed by atoms with Crippen molar-refractivity contribution in [3.05, 3.63) is 29.3 Å². The summed E-state index contributed by atoms with van der Waals surface area (Å²) in [5, 5.41) is 5.10.